The summed E-state index contributed by atoms with van der Waals surface area (Å²) in [5.41, 5.74) is 6.99. The second kappa shape index (κ2) is 8.33. The normalized spacial score (nSPS) is 12.2. The lowest BCUT2D eigenvalue weighted by molar-refractivity contribution is 0.301. The van der Waals surface area contributed by atoms with Crippen molar-refractivity contribution in [3.05, 3.63) is 40.9 Å². The van der Waals surface area contributed by atoms with Crippen molar-refractivity contribution in [1.29, 1.82) is 0 Å². The largest absolute Gasteiger partial charge is 0.493 e. The first-order valence-corrected chi connectivity index (χ1v) is 7.23. The highest BCUT2D eigenvalue weighted by Crippen LogP contribution is 2.27. The molecular formula is C15H22BrNO. The predicted molar refractivity (Wildman–Crippen MR) is 80.9 cm³/mol. The predicted octanol–water partition coefficient (Wildman–Crippen LogP) is 4.59. The van der Waals surface area contributed by atoms with Crippen LogP contribution in [0, 0.1) is 0 Å². The van der Waals surface area contributed by atoms with Crippen molar-refractivity contribution < 1.29 is 4.74 Å². The van der Waals surface area contributed by atoms with Gasteiger partial charge in [0, 0.05) is 16.1 Å². The van der Waals surface area contributed by atoms with E-state index in [2.05, 4.69) is 22.5 Å². The zero-order chi connectivity index (χ0) is 13.4. The van der Waals surface area contributed by atoms with E-state index in [1.807, 2.05) is 31.2 Å². The molecular weight excluding hydrogens is 290 g/mol. The van der Waals surface area contributed by atoms with Crippen LogP contribution in [-0.4, -0.2) is 6.61 Å². The fourth-order valence-electron chi connectivity index (χ4n) is 1.76. The highest BCUT2D eigenvalue weighted by molar-refractivity contribution is 9.10. The van der Waals surface area contributed by atoms with Crippen LogP contribution >= 0.6 is 15.9 Å². The van der Waals surface area contributed by atoms with Crippen molar-refractivity contribution in [2.24, 2.45) is 5.73 Å². The Balaban J connectivity index is 2.44. The molecule has 0 aromatic heterocycles. The minimum atomic E-state index is -0.0155. The Bertz CT molecular complexity index is 377. The average molecular weight is 312 g/mol. The zero-order valence-electron chi connectivity index (χ0n) is 11.0. The van der Waals surface area contributed by atoms with E-state index >= 15 is 0 Å². The van der Waals surface area contributed by atoms with Crippen LogP contribution in [0.3, 0.4) is 0 Å². The smallest absolute Gasteiger partial charge is 0.124 e. The molecule has 1 aromatic carbocycles. The third-order valence-corrected chi connectivity index (χ3v) is 3.27. The molecule has 0 heterocycles. The standard InChI is InChI=1S/C15H22BrNO/c1-3-4-5-6-7-10-18-15-9-8-13(16)11-14(15)12(2)17/h3,8-9,11-12H,1,4-7,10,17H2,2H3/t12-/m1/s1. The molecule has 2 nitrogen and oxygen atoms in total. The Morgan fingerprint density at radius 3 is 2.83 bits per heavy atom. The summed E-state index contributed by atoms with van der Waals surface area (Å²) in [5.74, 6) is 0.900. The summed E-state index contributed by atoms with van der Waals surface area (Å²) in [4.78, 5) is 0. The monoisotopic (exact) mass is 311 g/mol. The van der Waals surface area contributed by atoms with E-state index in [1.165, 1.54) is 12.8 Å². The van der Waals surface area contributed by atoms with Crippen molar-refractivity contribution in [3.63, 3.8) is 0 Å². The summed E-state index contributed by atoms with van der Waals surface area (Å²) in [6, 6.07) is 5.97. The lowest BCUT2D eigenvalue weighted by Gasteiger charge is -2.14. The van der Waals surface area contributed by atoms with E-state index in [9.17, 15) is 0 Å². The molecule has 0 spiro atoms. The van der Waals surface area contributed by atoms with Gasteiger partial charge in [0.15, 0.2) is 0 Å². The van der Waals surface area contributed by atoms with Crippen molar-refractivity contribution >= 4 is 15.9 Å². The Morgan fingerprint density at radius 1 is 1.39 bits per heavy atom. The number of unbranched alkanes of at least 4 members (excludes halogenated alkanes) is 3. The molecule has 0 unspecified atom stereocenters. The van der Waals surface area contributed by atoms with Crippen LogP contribution < -0.4 is 10.5 Å². The lowest BCUT2D eigenvalue weighted by Crippen LogP contribution is -2.08. The molecule has 0 saturated heterocycles. The van der Waals surface area contributed by atoms with Gasteiger partial charge in [-0.25, -0.2) is 0 Å². The molecule has 0 bridgehead atoms. The molecule has 100 valence electrons. The number of rotatable bonds is 8. The van der Waals surface area contributed by atoms with Crippen LogP contribution in [-0.2, 0) is 0 Å². The first kappa shape index (κ1) is 15.3. The van der Waals surface area contributed by atoms with E-state index in [1.54, 1.807) is 0 Å². The van der Waals surface area contributed by atoms with Crippen LogP contribution in [0.5, 0.6) is 5.75 Å². The van der Waals surface area contributed by atoms with Gasteiger partial charge in [-0.2, -0.15) is 0 Å². The maximum absolute atomic E-state index is 5.94. The summed E-state index contributed by atoms with van der Waals surface area (Å²) >= 11 is 3.45. The molecule has 0 fully saturated rings. The Hall–Kier alpha value is -0.800. The number of halogens is 1. The molecule has 0 radical (unpaired) electrons. The number of hydrogen-bond donors (Lipinski definition) is 1. The maximum atomic E-state index is 5.94. The van der Waals surface area contributed by atoms with E-state index in [-0.39, 0.29) is 6.04 Å². The van der Waals surface area contributed by atoms with E-state index in [0.29, 0.717) is 0 Å². The van der Waals surface area contributed by atoms with E-state index in [4.69, 9.17) is 10.5 Å². The lowest BCUT2D eigenvalue weighted by atomic mass is 10.1. The number of allylic oxidation sites excluding steroid dienone is 1. The number of hydrogen-bond acceptors (Lipinski definition) is 2. The summed E-state index contributed by atoms with van der Waals surface area (Å²) in [6.07, 6.45) is 6.48. The first-order chi connectivity index (χ1) is 8.65. The van der Waals surface area contributed by atoms with Gasteiger partial charge in [0.2, 0.25) is 0 Å². The molecule has 0 saturated carbocycles. The van der Waals surface area contributed by atoms with Gasteiger partial charge < -0.3 is 10.5 Å². The molecule has 18 heavy (non-hydrogen) atoms. The van der Waals surface area contributed by atoms with Gasteiger partial charge in [-0.05, 0) is 50.8 Å². The number of nitrogens with two attached hydrogens (primary N) is 1. The number of benzene rings is 1. The molecule has 0 aliphatic carbocycles. The third-order valence-electron chi connectivity index (χ3n) is 2.77. The van der Waals surface area contributed by atoms with Gasteiger partial charge in [-0.3, -0.25) is 0 Å². The molecule has 3 heteroatoms. The Kier molecular flexibility index (Phi) is 7.06. The zero-order valence-corrected chi connectivity index (χ0v) is 12.6. The van der Waals surface area contributed by atoms with Crippen molar-refractivity contribution in [3.8, 4) is 5.75 Å². The number of ether oxygens (including phenoxy) is 1. The van der Waals surface area contributed by atoms with Gasteiger partial charge in [-0.15, -0.1) is 6.58 Å². The second-order valence-corrected chi connectivity index (χ2v) is 5.37. The van der Waals surface area contributed by atoms with Crippen molar-refractivity contribution in [1.82, 2.24) is 0 Å². The summed E-state index contributed by atoms with van der Waals surface area (Å²) < 4.78 is 6.84. The van der Waals surface area contributed by atoms with E-state index < -0.39 is 0 Å². The topological polar surface area (TPSA) is 35.2 Å². The molecule has 1 atom stereocenters. The third kappa shape index (κ3) is 5.23. The van der Waals surface area contributed by atoms with Crippen LogP contribution in [0.25, 0.3) is 0 Å². The summed E-state index contributed by atoms with van der Waals surface area (Å²) in [7, 11) is 0. The summed E-state index contributed by atoms with van der Waals surface area (Å²) in [5, 5.41) is 0. The molecule has 0 aliphatic heterocycles. The highest BCUT2D eigenvalue weighted by Gasteiger charge is 2.08. The molecule has 0 amide bonds. The van der Waals surface area contributed by atoms with Crippen LogP contribution in [0.2, 0.25) is 0 Å². The fourth-order valence-corrected chi connectivity index (χ4v) is 2.14. The minimum absolute atomic E-state index is 0.0155. The summed E-state index contributed by atoms with van der Waals surface area (Å²) in [6.45, 7) is 6.44. The minimum Gasteiger partial charge on any atom is -0.493 e. The first-order valence-electron chi connectivity index (χ1n) is 6.44. The quantitative estimate of drug-likeness (QED) is 0.562. The highest BCUT2D eigenvalue weighted by atomic mass is 79.9. The maximum Gasteiger partial charge on any atom is 0.124 e. The van der Waals surface area contributed by atoms with Gasteiger partial charge in [0.05, 0.1) is 6.61 Å². The molecule has 1 aromatic rings. The van der Waals surface area contributed by atoms with Gasteiger partial charge in [0.25, 0.3) is 0 Å². The van der Waals surface area contributed by atoms with Crippen LogP contribution in [0.4, 0.5) is 0 Å². The fraction of sp³-hybridized carbons (Fsp3) is 0.467. The average Bonchev–Trinajstić information content (AvgIpc) is 2.35. The van der Waals surface area contributed by atoms with Gasteiger partial charge >= 0.3 is 0 Å². The Labute approximate surface area is 118 Å². The molecule has 1 rings (SSSR count). The SMILES string of the molecule is C=CCCCCCOc1ccc(Br)cc1[C@@H](C)N. The van der Waals surface area contributed by atoms with E-state index in [0.717, 1.165) is 35.2 Å². The van der Waals surface area contributed by atoms with Crippen LogP contribution in [0.1, 0.15) is 44.2 Å². The van der Waals surface area contributed by atoms with Gasteiger partial charge in [0.1, 0.15) is 5.75 Å². The molecule has 2 N–H and O–H groups in total. The molecule has 0 aliphatic rings. The van der Waals surface area contributed by atoms with Gasteiger partial charge in [-0.1, -0.05) is 22.0 Å². The Morgan fingerprint density at radius 2 is 2.17 bits per heavy atom. The second-order valence-electron chi connectivity index (χ2n) is 4.46. The van der Waals surface area contributed by atoms with Crippen molar-refractivity contribution in [2.75, 3.05) is 6.61 Å². The van der Waals surface area contributed by atoms with Crippen molar-refractivity contribution in [2.45, 2.75) is 38.6 Å². The van der Waals surface area contributed by atoms with Crippen LogP contribution in [0.15, 0.2) is 35.3 Å².